The lowest BCUT2D eigenvalue weighted by molar-refractivity contribution is -0.136. The molecule has 0 bridgehead atoms. The van der Waals surface area contributed by atoms with Gasteiger partial charge < -0.3 is 19.2 Å². The van der Waals surface area contributed by atoms with Crippen LogP contribution in [0.5, 0.6) is 0 Å². The summed E-state index contributed by atoms with van der Waals surface area (Å²) in [4.78, 5) is 31.2. The maximum atomic E-state index is 13.3. The molecule has 0 radical (unpaired) electrons. The molecule has 1 fully saturated rings. The Balaban J connectivity index is 1.42. The predicted octanol–water partition coefficient (Wildman–Crippen LogP) is 2.17. The Kier molecular flexibility index (Phi) is 5.85. The van der Waals surface area contributed by atoms with Gasteiger partial charge in [-0.2, -0.15) is 0 Å². The van der Waals surface area contributed by atoms with Crippen LogP contribution in [0.25, 0.3) is 11.3 Å². The van der Waals surface area contributed by atoms with E-state index in [0.29, 0.717) is 38.4 Å². The summed E-state index contributed by atoms with van der Waals surface area (Å²) < 4.78 is 18.8. The molecule has 1 atom stereocenters. The second-order valence-electron chi connectivity index (χ2n) is 8.35. The fraction of sp³-hybridized carbons (Fsp3) is 0.500. The summed E-state index contributed by atoms with van der Waals surface area (Å²) in [5.74, 6) is 0.0324. The zero-order valence-electron chi connectivity index (χ0n) is 17.4. The highest BCUT2D eigenvalue weighted by atomic mass is 19.1. The Morgan fingerprint density at radius 3 is 2.80 bits per heavy atom. The molecule has 1 saturated heterocycles. The topological polar surface area (TPSA) is 69.9 Å². The van der Waals surface area contributed by atoms with Crippen LogP contribution in [0.2, 0.25) is 0 Å². The van der Waals surface area contributed by atoms with Gasteiger partial charge in [-0.1, -0.05) is 5.16 Å². The van der Waals surface area contributed by atoms with Crippen molar-refractivity contribution in [2.45, 2.75) is 25.8 Å². The zero-order valence-corrected chi connectivity index (χ0v) is 17.4. The van der Waals surface area contributed by atoms with Crippen LogP contribution >= 0.6 is 0 Å². The summed E-state index contributed by atoms with van der Waals surface area (Å²) in [5.41, 5.74) is 2.45. The summed E-state index contributed by atoms with van der Waals surface area (Å²) in [6, 6.07) is 6.06. The first-order chi connectivity index (χ1) is 14.4. The lowest BCUT2D eigenvalue weighted by Crippen LogP contribution is -2.40. The summed E-state index contributed by atoms with van der Waals surface area (Å²) in [6.07, 6.45) is 1.78. The van der Waals surface area contributed by atoms with Crippen molar-refractivity contribution in [1.29, 1.82) is 0 Å². The molecule has 1 unspecified atom stereocenters. The van der Waals surface area contributed by atoms with Gasteiger partial charge in [0.1, 0.15) is 5.82 Å². The van der Waals surface area contributed by atoms with E-state index in [0.717, 1.165) is 29.8 Å². The van der Waals surface area contributed by atoms with Crippen LogP contribution in [-0.2, 0) is 22.6 Å². The van der Waals surface area contributed by atoms with Crippen molar-refractivity contribution in [2.24, 2.45) is 5.92 Å². The number of halogens is 1. The predicted molar refractivity (Wildman–Crippen MR) is 109 cm³/mol. The largest absolute Gasteiger partial charge is 0.356 e. The van der Waals surface area contributed by atoms with Crippen LogP contribution in [0.4, 0.5) is 4.39 Å². The highest BCUT2D eigenvalue weighted by molar-refractivity contribution is 5.89. The second-order valence-corrected chi connectivity index (χ2v) is 8.35. The highest BCUT2D eigenvalue weighted by Gasteiger charge is 2.38. The van der Waals surface area contributed by atoms with Crippen molar-refractivity contribution in [3.8, 4) is 11.3 Å². The number of carbonyl (C=O) groups excluding carboxylic acids is 2. The fourth-order valence-corrected chi connectivity index (χ4v) is 4.22. The van der Waals surface area contributed by atoms with Crippen molar-refractivity contribution < 1.29 is 18.5 Å². The third-order valence-electron chi connectivity index (χ3n) is 5.85. The van der Waals surface area contributed by atoms with Crippen LogP contribution < -0.4 is 0 Å². The highest BCUT2D eigenvalue weighted by Crippen LogP contribution is 2.32. The molecule has 2 aromatic rings. The van der Waals surface area contributed by atoms with E-state index in [4.69, 9.17) is 4.52 Å². The minimum Gasteiger partial charge on any atom is -0.356 e. The fourth-order valence-electron chi connectivity index (χ4n) is 4.22. The minimum absolute atomic E-state index is 0.00960. The average Bonchev–Trinajstić information content (AvgIpc) is 3.31. The monoisotopic (exact) mass is 414 g/mol. The molecule has 7 nitrogen and oxygen atoms in total. The van der Waals surface area contributed by atoms with Gasteiger partial charge in [0.15, 0.2) is 5.76 Å². The molecule has 1 aromatic heterocycles. The molecule has 8 heteroatoms. The Morgan fingerprint density at radius 1 is 1.30 bits per heavy atom. The van der Waals surface area contributed by atoms with Gasteiger partial charge in [0.2, 0.25) is 11.8 Å². The van der Waals surface area contributed by atoms with E-state index < -0.39 is 0 Å². The van der Waals surface area contributed by atoms with Crippen molar-refractivity contribution >= 4 is 11.8 Å². The summed E-state index contributed by atoms with van der Waals surface area (Å²) >= 11 is 0. The van der Waals surface area contributed by atoms with Crippen molar-refractivity contribution in [1.82, 2.24) is 19.9 Å². The lowest BCUT2D eigenvalue weighted by Gasteiger charge is -2.28. The van der Waals surface area contributed by atoms with Gasteiger partial charge in [0.05, 0.1) is 18.2 Å². The molecule has 3 heterocycles. The van der Waals surface area contributed by atoms with Crippen molar-refractivity contribution in [2.75, 3.05) is 40.3 Å². The number of aromatic nitrogens is 1. The molecule has 2 aliphatic heterocycles. The zero-order chi connectivity index (χ0) is 21.3. The van der Waals surface area contributed by atoms with Crippen molar-refractivity contribution in [3.63, 3.8) is 0 Å². The quantitative estimate of drug-likeness (QED) is 0.725. The standard InChI is InChI=1S/C22H27FN4O3/c1-25(2)9-3-10-26-13-16(12-20(26)28)22(29)27-11-8-19-18(14-27)21(30-24-19)15-4-6-17(23)7-5-15/h4-7,16H,3,8-14H2,1-2H3. The van der Waals surface area contributed by atoms with E-state index >= 15 is 0 Å². The molecule has 0 saturated carbocycles. The van der Waals surface area contributed by atoms with Crippen LogP contribution in [0.3, 0.4) is 0 Å². The number of fused-ring (bicyclic) bond motifs is 1. The van der Waals surface area contributed by atoms with Crippen LogP contribution in [-0.4, -0.2) is 71.9 Å². The average molecular weight is 414 g/mol. The van der Waals surface area contributed by atoms with Gasteiger partial charge in [-0.3, -0.25) is 9.59 Å². The van der Waals surface area contributed by atoms with Gasteiger partial charge in [-0.25, -0.2) is 4.39 Å². The Labute approximate surface area is 175 Å². The molecule has 160 valence electrons. The molecule has 30 heavy (non-hydrogen) atoms. The van der Waals surface area contributed by atoms with Gasteiger partial charge in [-0.15, -0.1) is 0 Å². The number of nitrogens with zero attached hydrogens (tertiary/aromatic N) is 4. The summed E-state index contributed by atoms with van der Waals surface area (Å²) in [7, 11) is 4.02. The normalized spacial score (nSPS) is 18.9. The van der Waals surface area contributed by atoms with Gasteiger partial charge in [-0.05, 0) is 51.3 Å². The maximum Gasteiger partial charge on any atom is 0.228 e. The van der Waals surface area contributed by atoms with Gasteiger partial charge >= 0.3 is 0 Å². The third kappa shape index (κ3) is 4.23. The Bertz CT molecular complexity index is 925. The van der Waals surface area contributed by atoms with Crippen molar-refractivity contribution in [3.05, 3.63) is 41.3 Å². The van der Waals surface area contributed by atoms with E-state index in [9.17, 15) is 14.0 Å². The number of likely N-dealkylation sites (tertiary alicyclic amines) is 1. The maximum absolute atomic E-state index is 13.3. The first-order valence-corrected chi connectivity index (χ1v) is 10.4. The van der Waals surface area contributed by atoms with E-state index in [-0.39, 0.29) is 30.0 Å². The molecule has 2 aliphatic rings. The van der Waals surface area contributed by atoms with E-state index in [2.05, 4.69) is 10.1 Å². The van der Waals surface area contributed by atoms with Crippen LogP contribution in [0.15, 0.2) is 28.8 Å². The molecular weight excluding hydrogens is 387 g/mol. The Hall–Kier alpha value is -2.74. The number of hydrogen-bond acceptors (Lipinski definition) is 5. The first-order valence-electron chi connectivity index (χ1n) is 10.4. The smallest absolute Gasteiger partial charge is 0.228 e. The molecule has 4 rings (SSSR count). The second kappa shape index (κ2) is 8.55. The number of rotatable bonds is 6. The molecule has 2 amide bonds. The number of amides is 2. The van der Waals surface area contributed by atoms with Gasteiger partial charge in [0, 0.05) is 43.6 Å². The van der Waals surface area contributed by atoms with Gasteiger partial charge in [0.25, 0.3) is 0 Å². The lowest BCUT2D eigenvalue weighted by atomic mass is 9.99. The van der Waals surface area contributed by atoms with Crippen LogP contribution in [0.1, 0.15) is 24.1 Å². The first kappa shape index (κ1) is 20.5. The SMILES string of the molecule is CN(C)CCCN1CC(C(=O)N2CCc3noc(-c4ccc(F)cc4)c3C2)CC1=O. The molecule has 0 spiro atoms. The van der Waals surface area contributed by atoms with E-state index in [1.807, 2.05) is 19.0 Å². The minimum atomic E-state index is -0.315. The van der Waals surface area contributed by atoms with Crippen LogP contribution in [0, 0.1) is 11.7 Å². The van der Waals surface area contributed by atoms with E-state index in [1.54, 1.807) is 17.0 Å². The summed E-state index contributed by atoms with van der Waals surface area (Å²) in [6.45, 7) is 3.05. The number of hydrogen-bond donors (Lipinski definition) is 0. The van der Waals surface area contributed by atoms with E-state index in [1.165, 1.54) is 12.1 Å². The molecular formula is C22H27FN4O3. The molecule has 1 aromatic carbocycles. The number of carbonyl (C=O) groups is 2. The molecule has 0 aliphatic carbocycles. The Morgan fingerprint density at radius 2 is 2.07 bits per heavy atom. The summed E-state index contributed by atoms with van der Waals surface area (Å²) in [5, 5.41) is 4.15. The number of benzene rings is 1. The molecule has 0 N–H and O–H groups in total. The third-order valence-corrected chi connectivity index (χ3v) is 5.85.